The van der Waals surface area contributed by atoms with Crippen LogP contribution in [-0.4, -0.2) is 65.2 Å². The number of halogens is 1. The van der Waals surface area contributed by atoms with Gasteiger partial charge in [-0.1, -0.05) is 47.6 Å². The van der Waals surface area contributed by atoms with Gasteiger partial charge < -0.3 is 19.7 Å². The molecule has 2 aliphatic heterocycles. The number of hydrogen-bond donors (Lipinski definition) is 1. The summed E-state index contributed by atoms with van der Waals surface area (Å²) in [6, 6.07) is 11.3. The van der Waals surface area contributed by atoms with Crippen LogP contribution in [0.4, 0.5) is 5.69 Å². The molecule has 0 atom stereocenters. The van der Waals surface area contributed by atoms with Crippen molar-refractivity contribution in [1.82, 2.24) is 5.32 Å². The summed E-state index contributed by atoms with van der Waals surface area (Å²) >= 11 is 3.33. The van der Waals surface area contributed by atoms with E-state index in [0.29, 0.717) is 5.56 Å². The summed E-state index contributed by atoms with van der Waals surface area (Å²) in [5.41, 5.74) is 4.95. The molecule has 1 N–H and O–H groups in total. The van der Waals surface area contributed by atoms with Crippen molar-refractivity contribution >= 4 is 34.2 Å². The van der Waals surface area contributed by atoms with Gasteiger partial charge >= 0.3 is 0 Å². The first-order valence-electron chi connectivity index (χ1n) is 10.4. The molecule has 2 heterocycles. The number of carbonyl (C=O) groups is 2. The molecule has 0 aliphatic carbocycles. The van der Waals surface area contributed by atoms with Gasteiger partial charge in [0.1, 0.15) is 12.6 Å². The van der Waals surface area contributed by atoms with Crippen molar-refractivity contribution < 1.29 is 19.1 Å². The third-order valence-electron chi connectivity index (χ3n) is 4.90. The van der Waals surface area contributed by atoms with Crippen LogP contribution in [0.3, 0.4) is 0 Å². The summed E-state index contributed by atoms with van der Waals surface area (Å²) in [7, 11) is 0. The predicted octanol–water partition coefficient (Wildman–Crippen LogP) is 4.46. The van der Waals surface area contributed by atoms with E-state index in [1.165, 1.54) is 5.56 Å². The van der Waals surface area contributed by atoms with E-state index in [1.54, 1.807) is 6.07 Å². The number of aldehydes is 2. The number of ether oxygens (including phenoxy) is 2. The molecular weight excluding hydrogens is 472 g/mol. The van der Waals surface area contributed by atoms with E-state index < -0.39 is 0 Å². The van der Waals surface area contributed by atoms with Crippen molar-refractivity contribution in [2.24, 2.45) is 0 Å². The molecule has 0 radical (unpaired) electrons. The maximum Gasteiger partial charge on any atom is 0.150 e. The predicted molar refractivity (Wildman–Crippen MR) is 134 cm³/mol. The molecule has 2 aromatic rings. The average Bonchev–Trinajstić information content (AvgIpc) is 2.84. The summed E-state index contributed by atoms with van der Waals surface area (Å²) in [5, 5.41) is 3.16. The highest BCUT2D eigenvalue weighted by Crippen LogP contribution is 2.22. The Morgan fingerprint density at radius 2 is 1.38 bits per heavy atom. The zero-order valence-electron chi connectivity index (χ0n) is 18.2. The number of carbonyl (C=O) groups excluding carboxylic acids is 2. The zero-order valence-corrected chi connectivity index (χ0v) is 19.8. The van der Waals surface area contributed by atoms with Gasteiger partial charge in [-0.2, -0.15) is 0 Å². The molecule has 32 heavy (non-hydrogen) atoms. The van der Waals surface area contributed by atoms with Crippen molar-refractivity contribution in [2.45, 2.75) is 21.3 Å². The van der Waals surface area contributed by atoms with Crippen molar-refractivity contribution in [1.29, 1.82) is 0 Å². The highest BCUT2D eigenvalue weighted by molar-refractivity contribution is 9.10. The first-order valence-corrected chi connectivity index (χ1v) is 11.2. The lowest BCUT2D eigenvalue weighted by Crippen LogP contribution is -2.36. The highest BCUT2D eigenvalue weighted by Gasteiger charge is 2.13. The minimum absolute atomic E-state index is 0. The van der Waals surface area contributed by atoms with Crippen LogP contribution in [0.1, 0.15) is 39.3 Å². The van der Waals surface area contributed by atoms with Crippen LogP contribution in [0.15, 0.2) is 40.9 Å². The third-order valence-corrected chi connectivity index (χ3v) is 5.75. The smallest absolute Gasteiger partial charge is 0.150 e. The second-order valence-electron chi connectivity index (χ2n) is 7.25. The molecule has 0 spiro atoms. The molecule has 4 rings (SSSR count). The monoisotopic (exact) mass is 506 g/mol. The number of nitrogens with one attached hydrogen (secondary N) is 1. The number of rotatable bonds is 3. The molecule has 176 valence electrons. The van der Waals surface area contributed by atoms with E-state index in [-0.39, 0.29) is 7.43 Å². The molecule has 0 aromatic heterocycles. The fraction of sp³-hybridized carbons (Fsp3) is 0.440. The minimum atomic E-state index is 0. The van der Waals surface area contributed by atoms with E-state index in [9.17, 15) is 9.59 Å². The van der Waals surface area contributed by atoms with E-state index in [4.69, 9.17) is 9.47 Å². The highest BCUT2D eigenvalue weighted by atomic mass is 79.9. The maximum absolute atomic E-state index is 10.7. The fourth-order valence-electron chi connectivity index (χ4n) is 3.04. The molecule has 0 unspecified atom stereocenters. The third kappa shape index (κ3) is 9.61. The van der Waals surface area contributed by atoms with Gasteiger partial charge in [0, 0.05) is 47.5 Å². The normalized spacial score (nSPS) is 15.2. The standard InChI is InChI=1S/C12H15NO2.C8H7BrO.C4H9NO.CH4/c1-10-2-3-11(9-14)8-12(10)13-4-6-15-7-5-13;1-6-2-3-7(5-10)4-8(6)9;1-3-6-4-2-5-1;/h2-3,8-9H,4-7H2,1H3;2-5H,1H3;5H,1-4H2;1H4. The summed E-state index contributed by atoms with van der Waals surface area (Å²) < 4.78 is 11.3. The molecule has 2 aliphatic rings. The van der Waals surface area contributed by atoms with Gasteiger partial charge in [-0.3, -0.25) is 9.59 Å². The summed E-state index contributed by atoms with van der Waals surface area (Å²) in [6.45, 7) is 11.2. The Balaban J connectivity index is 0.000000260. The second-order valence-corrected chi connectivity index (χ2v) is 8.11. The topological polar surface area (TPSA) is 67.9 Å². The van der Waals surface area contributed by atoms with Gasteiger partial charge in [0.2, 0.25) is 0 Å². The van der Waals surface area contributed by atoms with E-state index >= 15 is 0 Å². The number of hydrogen-bond acceptors (Lipinski definition) is 6. The van der Waals surface area contributed by atoms with Crippen molar-refractivity contribution in [3.63, 3.8) is 0 Å². The lowest BCUT2D eigenvalue weighted by Gasteiger charge is -2.30. The van der Waals surface area contributed by atoms with E-state index in [0.717, 1.165) is 86.5 Å². The SMILES string of the molecule is C.C1COCCN1.Cc1ccc(C=O)cc1Br.Cc1ccc(C=O)cc1N1CCOCC1. The van der Waals surface area contributed by atoms with Gasteiger partial charge in [-0.25, -0.2) is 0 Å². The molecular formula is C25H35BrN2O4. The molecule has 7 heteroatoms. The molecule has 0 amide bonds. The molecule has 6 nitrogen and oxygen atoms in total. The van der Waals surface area contributed by atoms with E-state index in [2.05, 4.69) is 33.1 Å². The Bertz CT molecular complexity index is 823. The minimum Gasteiger partial charge on any atom is -0.379 e. The van der Waals surface area contributed by atoms with Crippen LogP contribution in [0.25, 0.3) is 0 Å². The number of anilines is 1. The Morgan fingerprint density at radius 3 is 1.84 bits per heavy atom. The quantitative estimate of drug-likeness (QED) is 0.619. The summed E-state index contributed by atoms with van der Waals surface area (Å²) in [4.78, 5) is 23.2. The molecule has 2 saturated heterocycles. The van der Waals surface area contributed by atoms with Gasteiger partial charge in [0.05, 0.1) is 26.4 Å². The van der Waals surface area contributed by atoms with Crippen LogP contribution in [0.2, 0.25) is 0 Å². The Labute approximate surface area is 200 Å². The first kappa shape index (κ1) is 28.0. The van der Waals surface area contributed by atoms with Gasteiger partial charge in [-0.15, -0.1) is 0 Å². The van der Waals surface area contributed by atoms with E-state index in [1.807, 2.05) is 37.3 Å². The van der Waals surface area contributed by atoms with Gasteiger partial charge in [0.25, 0.3) is 0 Å². The molecule has 0 bridgehead atoms. The van der Waals surface area contributed by atoms with Crippen LogP contribution in [0.5, 0.6) is 0 Å². The Kier molecular flexibility index (Phi) is 13.7. The van der Waals surface area contributed by atoms with Gasteiger partial charge in [0.15, 0.2) is 0 Å². The summed E-state index contributed by atoms with van der Waals surface area (Å²) in [6.07, 6.45) is 1.73. The molecule has 0 saturated carbocycles. The first-order chi connectivity index (χ1) is 15.0. The van der Waals surface area contributed by atoms with Crippen molar-refractivity contribution in [2.75, 3.05) is 57.5 Å². The fourth-order valence-corrected chi connectivity index (χ4v) is 3.44. The van der Waals surface area contributed by atoms with Crippen LogP contribution < -0.4 is 10.2 Å². The largest absolute Gasteiger partial charge is 0.379 e. The second kappa shape index (κ2) is 15.7. The lowest BCUT2D eigenvalue weighted by atomic mass is 10.1. The molecule has 2 aromatic carbocycles. The number of nitrogens with zero attached hydrogens (tertiary/aromatic N) is 1. The van der Waals surface area contributed by atoms with Crippen LogP contribution in [0, 0.1) is 13.8 Å². The summed E-state index contributed by atoms with van der Waals surface area (Å²) in [5.74, 6) is 0. The average molecular weight is 507 g/mol. The Hall–Kier alpha value is -2.06. The number of aryl methyl sites for hydroxylation is 2. The molecule has 2 fully saturated rings. The number of benzene rings is 2. The maximum atomic E-state index is 10.7. The van der Waals surface area contributed by atoms with Crippen LogP contribution in [-0.2, 0) is 9.47 Å². The van der Waals surface area contributed by atoms with Gasteiger partial charge in [-0.05, 0) is 37.1 Å². The van der Waals surface area contributed by atoms with Crippen molar-refractivity contribution in [3.05, 3.63) is 63.1 Å². The lowest BCUT2D eigenvalue weighted by molar-refractivity contribution is 0.109. The number of morpholine rings is 2. The van der Waals surface area contributed by atoms with Crippen molar-refractivity contribution in [3.8, 4) is 0 Å². The Morgan fingerprint density at radius 1 is 0.844 bits per heavy atom. The zero-order chi connectivity index (χ0) is 22.5. The van der Waals surface area contributed by atoms with Crippen LogP contribution >= 0.6 is 15.9 Å².